The first-order chi connectivity index (χ1) is 8.74. The fraction of sp³-hybridized carbons (Fsp3) is 0.417. The maximum Gasteiger partial charge on any atom is 0.175 e. The van der Waals surface area contributed by atoms with Crippen LogP contribution in [0, 0.1) is 6.92 Å². The van der Waals surface area contributed by atoms with Crippen LogP contribution in [-0.2, 0) is 6.42 Å². The standard InChI is InChI=1S/C12H17N5O/c1-9-5-6-11(18-2)10(8-9)17-15-12(14-16-17)4-3-7-13/h5-6,8H,3-4,7,13H2,1-2H3. The molecule has 0 bridgehead atoms. The highest BCUT2D eigenvalue weighted by molar-refractivity contribution is 5.47. The van der Waals surface area contributed by atoms with Crippen LogP contribution < -0.4 is 10.5 Å². The van der Waals surface area contributed by atoms with Crippen LogP contribution >= 0.6 is 0 Å². The molecule has 0 saturated carbocycles. The van der Waals surface area contributed by atoms with Gasteiger partial charge in [-0.1, -0.05) is 6.07 Å². The third-order valence-electron chi connectivity index (χ3n) is 2.61. The lowest BCUT2D eigenvalue weighted by Crippen LogP contribution is -2.04. The lowest BCUT2D eigenvalue weighted by molar-refractivity contribution is 0.409. The van der Waals surface area contributed by atoms with Crippen molar-refractivity contribution in [3.63, 3.8) is 0 Å². The van der Waals surface area contributed by atoms with Crippen molar-refractivity contribution >= 4 is 0 Å². The van der Waals surface area contributed by atoms with Gasteiger partial charge in [0.2, 0.25) is 0 Å². The highest BCUT2D eigenvalue weighted by atomic mass is 16.5. The summed E-state index contributed by atoms with van der Waals surface area (Å²) in [5, 5.41) is 12.4. The number of hydrogen-bond donors (Lipinski definition) is 1. The lowest BCUT2D eigenvalue weighted by atomic mass is 10.2. The third-order valence-corrected chi connectivity index (χ3v) is 2.61. The van der Waals surface area contributed by atoms with Gasteiger partial charge in [0.15, 0.2) is 5.82 Å². The fourth-order valence-electron chi connectivity index (χ4n) is 1.66. The molecule has 0 radical (unpaired) electrons. The summed E-state index contributed by atoms with van der Waals surface area (Å²) in [6.45, 7) is 2.64. The molecule has 2 N–H and O–H groups in total. The molecule has 0 fully saturated rings. The molecule has 2 rings (SSSR count). The molecule has 18 heavy (non-hydrogen) atoms. The van der Waals surface area contributed by atoms with Gasteiger partial charge < -0.3 is 10.5 Å². The molecule has 0 aliphatic carbocycles. The Bertz CT molecular complexity index is 523. The van der Waals surface area contributed by atoms with Crippen molar-refractivity contribution in [2.45, 2.75) is 19.8 Å². The number of tetrazole rings is 1. The van der Waals surface area contributed by atoms with Gasteiger partial charge in [-0.2, -0.15) is 0 Å². The molecule has 6 heteroatoms. The van der Waals surface area contributed by atoms with Crippen LogP contribution in [0.25, 0.3) is 5.69 Å². The van der Waals surface area contributed by atoms with Crippen LogP contribution in [0.1, 0.15) is 17.8 Å². The molecule has 96 valence electrons. The largest absolute Gasteiger partial charge is 0.494 e. The molecule has 0 unspecified atom stereocenters. The van der Waals surface area contributed by atoms with Gasteiger partial charge in [-0.3, -0.25) is 0 Å². The molecule has 1 aromatic heterocycles. The third kappa shape index (κ3) is 2.65. The zero-order chi connectivity index (χ0) is 13.0. The predicted octanol–water partition coefficient (Wildman–Crippen LogP) is 0.871. The van der Waals surface area contributed by atoms with Crippen molar-refractivity contribution in [2.24, 2.45) is 5.73 Å². The first kappa shape index (κ1) is 12.5. The SMILES string of the molecule is COc1ccc(C)cc1-n1nnc(CCCN)n1. The van der Waals surface area contributed by atoms with Crippen LogP contribution in [0.5, 0.6) is 5.75 Å². The van der Waals surface area contributed by atoms with Crippen molar-refractivity contribution in [3.8, 4) is 11.4 Å². The Hall–Kier alpha value is -1.95. The second-order valence-electron chi connectivity index (χ2n) is 4.06. The van der Waals surface area contributed by atoms with Gasteiger partial charge in [-0.05, 0) is 42.8 Å². The molecule has 2 aromatic rings. The van der Waals surface area contributed by atoms with E-state index in [-0.39, 0.29) is 0 Å². The maximum atomic E-state index is 5.46. The zero-order valence-corrected chi connectivity index (χ0v) is 10.6. The number of aryl methyl sites for hydroxylation is 2. The monoisotopic (exact) mass is 247 g/mol. The van der Waals surface area contributed by atoms with Gasteiger partial charge in [0.05, 0.1) is 7.11 Å². The van der Waals surface area contributed by atoms with Gasteiger partial charge in [0, 0.05) is 6.42 Å². The minimum Gasteiger partial charge on any atom is -0.494 e. The summed E-state index contributed by atoms with van der Waals surface area (Å²) in [7, 11) is 1.63. The summed E-state index contributed by atoms with van der Waals surface area (Å²) in [5.41, 5.74) is 7.37. The summed E-state index contributed by atoms with van der Waals surface area (Å²) in [6.07, 6.45) is 1.60. The summed E-state index contributed by atoms with van der Waals surface area (Å²) >= 11 is 0. The van der Waals surface area contributed by atoms with Crippen molar-refractivity contribution in [2.75, 3.05) is 13.7 Å². The second kappa shape index (κ2) is 5.59. The van der Waals surface area contributed by atoms with Crippen LogP contribution in [0.3, 0.4) is 0 Å². The van der Waals surface area contributed by atoms with E-state index in [1.54, 1.807) is 7.11 Å². The number of nitrogens with two attached hydrogens (primary N) is 1. The first-order valence-electron chi connectivity index (χ1n) is 5.88. The average molecular weight is 247 g/mol. The topological polar surface area (TPSA) is 78.8 Å². The zero-order valence-electron chi connectivity index (χ0n) is 10.6. The van der Waals surface area contributed by atoms with E-state index < -0.39 is 0 Å². The predicted molar refractivity (Wildman–Crippen MR) is 67.8 cm³/mol. The van der Waals surface area contributed by atoms with E-state index >= 15 is 0 Å². The van der Waals surface area contributed by atoms with Crippen LogP contribution in [0.2, 0.25) is 0 Å². The molecular formula is C12H17N5O. The summed E-state index contributed by atoms with van der Waals surface area (Å²) in [4.78, 5) is 1.50. The second-order valence-corrected chi connectivity index (χ2v) is 4.06. The van der Waals surface area contributed by atoms with E-state index in [1.165, 1.54) is 4.80 Å². The number of rotatable bonds is 5. The molecule has 0 saturated heterocycles. The van der Waals surface area contributed by atoms with Gasteiger partial charge in [0.25, 0.3) is 0 Å². The number of hydrogen-bond acceptors (Lipinski definition) is 5. The molecule has 6 nitrogen and oxygen atoms in total. The quantitative estimate of drug-likeness (QED) is 0.848. The number of benzene rings is 1. The van der Waals surface area contributed by atoms with Crippen molar-refractivity contribution in [1.82, 2.24) is 20.2 Å². The van der Waals surface area contributed by atoms with Crippen LogP contribution in [-0.4, -0.2) is 33.9 Å². The molecular weight excluding hydrogens is 230 g/mol. The lowest BCUT2D eigenvalue weighted by Gasteiger charge is -2.07. The fourth-order valence-corrected chi connectivity index (χ4v) is 1.66. The summed E-state index contributed by atoms with van der Waals surface area (Å²) in [6, 6.07) is 5.84. The first-order valence-corrected chi connectivity index (χ1v) is 5.88. The maximum absolute atomic E-state index is 5.46. The van der Waals surface area contributed by atoms with Gasteiger partial charge >= 0.3 is 0 Å². The summed E-state index contributed by atoms with van der Waals surface area (Å²) < 4.78 is 5.30. The molecule has 0 aliphatic heterocycles. The van der Waals surface area contributed by atoms with E-state index in [9.17, 15) is 0 Å². The highest BCUT2D eigenvalue weighted by Gasteiger charge is 2.09. The smallest absolute Gasteiger partial charge is 0.175 e. The number of ether oxygens (including phenoxy) is 1. The van der Waals surface area contributed by atoms with Crippen LogP contribution in [0.4, 0.5) is 0 Å². The Kier molecular flexibility index (Phi) is 3.88. The number of nitrogens with zero attached hydrogens (tertiary/aromatic N) is 4. The van der Waals surface area contributed by atoms with Gasteiger partial charge in [0.1, 0.15) is 11.4 Å². The Morgan fingerprint density at radius 1 is 1.39 bits per heavy atom. The molecule has 0 aliphatic rings. The van der Waals surface area contributed by atoms with Crippen molar-refractivity contribution < 1.29 is 4.74 Å². The van der Waals surface area contributed by atoms with Crippen LogP contribution in [0.15, 0.2) is 18.2 Å². The van der Waals surface area contributed by atoms with Crippen molar-refractivity contribution in [1.29, 1.82) is 0 Å². The van der Waals surface area contributed by atoms with E-state index in [1.807, 2.05) is 25.1 Å². The van der Waals surface area contributed by atoms with Gasteiger partial charge in [-0.15, -0.1) is 15.0 Å². The van der Waals surface area contributed by atoms with E-state index in [4.69, 9.17) is 10.5 Å². The molecule has 0 atom stereocenters. The normalized spacial score (nSPS) is 10.6. The molecule has 0 amide bonds. The van der Waals surface area contributed by atoms with E-state index in [2.05, 4.69) is 15.4 Å². The summed E-state index contributed by atoms with van der Waals surface area (Å²) in [5.74, 6) is 1.42. The Morgan fingerprint density at radius 2 is 2.22 bits per heavy atom. The molecule has 1 aromatic carbocycles. The minimum absolute atomic E-state index is 0.627. The Morgan fingerprint density at radius 3 is 2.94 bits per heavy atom. The minimum atomic E-state index is 0.627. The molecule has 1 heterocycles. The Labute approximate surface area is 106 Å². The number of aromatic nitrogens is 4. The van der Waals surface area contributed by atoms with E-state index in [0.29, 0.717) is 12.4 Å². The average Bonchev–Trinajstić information content (AvgIpc) is 2.85. The highest BCUT2D eigenvalue weighted by Crippen LogP contribution is 2.22. The van der Waals surface area contributed by atoms with E-state index in [0.717, 1.165) is 29.8 Å². The van der Waals surface area contributed by atoms with Crippen molar-refractivity contribution in [3.05, 3.63) is 29.6 Å². The van der Waals surface area contributed by atoms with Gasteiger partial charge in [-0.25, -0.2) is 0 Å². The molecule has 0 spiro atoms. The number of methoxy groups -OCH3 is 1. The Balaban J connectivity index is 2.30.